The molecule has 0 aliphatic rings. The van der Waals surface area contributed by atoms with Gasteiger partial charge in [0.1, 0.15) is 11.5 Å². The third kappa shape index (κ3) is 7.69. The lowest BCUT2D eigenvalue weighted by atomic mass is 9.94. The summed E-state index contributed by atoms with van der Waals surface area (Å²) in [4.78, 5) is 0. The molecule has 0 fully saturated rings. The van der Waals surface area contributed by atoms with E-state index in [1.165, 1.54) is 6.07 Å². The number of ether oxygens (including phenoxy) is 1. The van der Waals surface area contributed by atoms with Crippen molar-refractivity contribution in [3.05, 3.63) is 129 Å². The number of nitrogens with one attached hydrogen (secondary N) is 1. The minimum atomic E-state index is -5.84. The Bertz CT molecular complexity index is 1570. The van der Waals surface area contributed by atoms with Crippen molar-refractivity contribution in [1.29, 1.82) is 0 Å². The minimum absolute atomic E-state index is 0.0166. The summed E-state index contributed by atoms with van der Waals surface area (Å²) in [6.45, 7) is 1.62. The van der Waals surface area contributed by atoms with Crippen molar-refractivity contribution in [1.82, 2.24) is 5.32 Å². The Balaban J connectivity index is 1.67. The number of alkyl halides is 8. The lowest BCUT2D eigenvalue weighted by molar-refractivity contribution is -0.289. The average molecular weight is 644 g/mol. The van der Waals surface area contributed by atoms with E-state index in [-0.39, 0.29) is 17.7 Å². The van der Waals surface area contributed by atoms with Crippen LogP contribution in [0.5, 0.6) is 11.5 Å². The average Bonchev–Trinajstić information content (AvgIpc) is 2.97. The van der Waals surface area contributed by atoms with Crippen molar-refractivity contribution in [3.8, 4) is 11.5 Å². The molecule has 0 bridgehead atoms. The Labute approximate surface area is 253 Å². The maximum Gasteiger partial charge on any atom is 0.458 e. The van der Waals surface area contributed by atoms with Crippen LogP contribution in [0.25, 0.3) is 0 Å². The molecule has 4 rings (SSSR count). The smallest absolute Gasteiger partial charge is 0.457 e. The lowest BCUT2D eigenvalue weighted by Crippen LogP contribution is -2.34. The van der Waals surface area contributed by atoms with E-state index in [1.54, 1.807) is 42.5 Å². The number of rotatable bonds is 10. The van der Waals surface area contributed by atoms with Crippen LogP contribution in [0.1, 0.15) is 52.5 Å². The third-order valence-electron chi connectivity index (χ3n) is 6.90. The fraction of sp³-hybridized carbons (Fsp3) is 0.250. The third-order valence-corrected chi connectivity index (χ3v) is 7.27. The van der Waals surface area contributed by atoms with Gasteiger partial charge >= 0.3 is 18.3 Å². The summed E-state index contributed by atoms with van der Waals surface area (Å²) >= 11 is 6.18. The van der Waals surface area contributed by atoms with Crippen molar-refractivity contribution < 1.29 is 45.0 Å². The highest BCUT2D eigenvalue weighted by Gasteiger charge is 2.58. The molecule has 44 heavy (non-hydrogen) atoms. The highest BCUT2D eigenvalue weighted by molar-refractivity contribution is 6.31. The highest BCUT2D eigenvalue weighted by Crippen LogP contribution is 2.44. The molecule has 234 valence electrons. The molecule has 0 aliphatic carbocycles. The van der Waals surface area contributed by atoms with Gasteiger partial charge in [0, 0.05) is 17.1 Å². The first kappa shape index (κ1) is 33.2. The quantitative estimate of drug-likeness (QED) is 0.169. The van der Waals surface area contributed by atoms with E-state index in [1.807, 2.05) is 6.92 Å². The maximum absolute atomic E-state index is 14.3. The number of aliphatic hydroxyl groups is 1. The van der Waals surface area contributed by atoms with Crippen LogP contribution in [0, 0.1) is 0 Å². The van der Waals surface area contributed by atoms with Crippen molar-refractivity contribution in [2.45, 2.75) is 43.8 Å². The molecule has 4 aromatic rings. The van der Waals surface area contributed by atoms with Crippen LogP contribution in [0.3, 0.4) is 0 Å². The largest absolute Gasteiger partial charge is 0.458 e. The molecule has 2 atom stereocenters. The summed E-state index contributed by atoms with van der Waals surface area (Å²) in [7, 11) is 0. The number of benzene rings is 4. The summed E-state index contributed by atoms with van der Waals surface area (Å²) in [5.74, 6) is -4.36. The molecule has 0 aliphatic heterocycles. The summed E-state index contributed by atoms with van der Waals surface area (Å²) in [6.07, 6.45) is -11.1. The zero-order valence-electron chi connectivity index (χ0n) is 23.0. The fourth-order valence-corrected chi connectivity index (χ4v) is 4.78. The normalized spacial score (nSPS) is 13.9. The van der Waals surface area contributed by atoms with Gasteiger partial charge in [0.05, 0.1) is 17.7 Å². The molecular formula is C32H26ClF8NO2. The van der Waals surface area contributed by atoms with Crippen LogP contribution in [0.2, 0.25) is 5.02 Å². The standard InChI is InChI=1S/C32H26ClF8NO2/c1-2-19-16-26(13-14-27(19)33)44-25-8-4-6-22(17-25)29(21-5-3-7-24(15-21)30(34,35)32(39,40)41)42-18-28(43)20-9-11-23(12-10-20)31(36,37)38/h3-17,28-29,42-43H,2,18H2,1H3. The Morgan fingerprint density at radius 1 is 0.727 bits per heavy atom. The van der Waals surface area contributed by atoms with Gasteiger partial charge in [0.25, 0.3) is 0 Å². The molecule has 2 N–H and O–H groups in total. The van der Waals surface area contributed by atoms with Gasteiger partial charge in [-0.2, -0.15) is 35.1 Å². The maximum atomic E-state index is 14.3. The van der Waals surface area contributed by atoms with Gasteiger partial charge in [-0.3, -0.25) is 0 Å². The van der Waals surface area contributed by atoms with Crippen molar-refractivity contribution in [3.63, 3.8) is 0 Å². The Kier molecular flexibility index (Phi) is 9.92. The molecule has 12 heteroatoms. The molecule has 2 unspecified atom stereocenters. The molecule has 0 saturated heterocycles. The summed E-state index contributed by atoms with van der Waals surface area (Å²) in [5.41, 5.74) is -0.821. The van der Waals surface area contributed by atoms with E-state index >= 15 is 0 Å². The SMILES string of the molecule is CCc1cc(Oc2cccc(C(NCC(O)c3ccc(C(F)(F)F)cc3)c3cccc(C(F)(F)C(F)(F)F)c3)c2)ccc1Cl. The lowest BCUT2D eigenvalue weighted by Gasteiger charge is -2.25. The Morgan fingerprint density at radius 2 is 1.34 bits per heavy atom. The van der Waals surface area contributed by atoms with Crippen LogP contribution in [-0.4, -0.2) is 17.8 Å². The van der Waals surface area contributed by atoms with E-state index in [0.29, 0.717) is 34.6 Å². The minimum Gasteiger partial charge on any atom is -0.457 e. The number of hydrogen-bond acceptors (Lipinski definition) is 3. The second-order valence-corrected chi connectivity index (χ2v) is 10.4. The summed E-state index contributed by atoms with van der Waals surface area (Å²) in [6, 6.07) is 18.0. The molecular weight excluding hydrogens is 618 g/mol. The van der Waals surface area contributed by atoms with Crippen molar-refractivity contribution in [2.75, 3.05) is 6.54 Å². The fourth-order valence-electron chi connectivity index (χ4n) is 4.53. The monoisotopic (exact) mass is 643 g/mol. The van der Waals surface area contributed by atoms with E-state index in [2.05, 4.69) is 5.32 Å². The Morgan fingerprint density at radius 3 is 1.95 bits per heavy atom. The van der Waals surface area contributed by atoms with Gasteiger partial charge < -0.3 is 15.2 Å². The summed E-state index contributed by atoms with van der Waals surface area (Å²) in [5, 5.41) is 14.2. The predicted molar refractivity (Wildman–Crippen MR) is 150 cm³/mol. The molecule has 3 nitrogen and oxygen atoms in total. The van der Waals surface area contributed by atoms with Gasteiger partial charge in [0.15, 0.2) is 0 Å². The first-order valence-corrected chi connectivity index (χ1v) is 13.7. The van der Waals surface area contributed by atoms with Crippen LogP contribution < -0.4 is 10.1 Å². The van der Waals surface area contributed by atoms with Crippen molar-refractivity contribution >= 4 is 11.6 Å². The Hall–Kier alpha value is -3.67. The molecule has 0 aromatic heterocycles. The molecule has 0 radical (unpaired) electrons. The van der Waals surface area contributed by atoms with Gasteiger partial charge in [0.2, 0.25) is 0 Å². The molecule has 4 aromatic carbocycles. The van der Waals surface area contributed by atoms with Crippen LogP contribution in [-0.2, 0) is 18.5 Å². The molecule has 0 heterocycles. The van der Waals surface area contributed by atoms with Crippen LogP contribution >= 0.6 is 11.6 Å². The van der Waals surface area contributed by atoms with Gasteiger partial charge in [-0.05, 0) is 77.2 Å². The van der Waals surface area contributed by atoms with Gasteiger partial charge in [-0.25, -0.2) is 0 Å². The topological polar surface area (TPSA) is 41.5 Å². The first-order valence-electron chi connectivity index (χ1n) is 13.3. The first-order chi connectivity index (χ1) is 20.6. The highest BCUT2D eigenvalue weighted by atomic mass is 35.5. The second-order valence-electron chi connectivity index (χ2n) is 9.96. The predicted octanol–water partition coefficient (Wildman–Crippen LogP) is 9.78. The molecule has 0 amide bonds. The van der Waals surface area contributed by atoms with Crippen molar-refractivity contribution in [2.24, 2.45) is 0 Å². The van der Waals surface area contributed by atoms with E-state index in [4.69, 9.17) is 16.3 Å². The summed E-state index contributed by atoms with van der Waals surface area (Å²) < 4.78 is 113. The second kappa shape index (κ2) is 13.1. The van der Waals surface area contributed by atoms with E-state index in [9.17, 15) is 40.2 Å². The number of hydrogen-bond donors (Lipinski definition) is 2. The van der Waals surface area contributed by atoms with Crippen LogP contribution in [0.15, 0.2) is 91.0 Å². The number of aryl methyl sites for hydroxylation is 1. The molecule has 0 spiro atoms. The zero-order valence-corrected chi connectivity index (χ0v) is 23.7. The van der Waals surface area contributed by atoms with Gasteiger partial charge in [-0.15, -0.1) is 0 Å². The van der Waals surface area contributed by atoms with E-state index < -0.39 is 41.5 Å². The van der Waals surface area contributed by atoms with Gasteiger partial charge in [-0.1, -0.05) is 61.0 Å². The zero-order chi connectivity index (χ0) is 32.3. The molecule has 0 saturated carbocycles. The number of halogens is 9. The van der Waals surface area contributed by atoms with E-state index in [0.717, 1.165) is 42.0 Å². The number of aliphatic hydroxyl groups excluding tert-OH is 1. The van der Waals surface area contributed by atoms with Crippen LogP contribution in [0.4, 0.5) is 35.1 Å².